The SMILES string of the molecule is O=C(CC1CCOCC1)NCCc1cccc(O)c1. The first-order chi connectivity index (χ1) is 9.24. The first-order valence-electron chi connectivity index (χ1n) is 6.86. The van der Waals surface area contributed by atoms with Crippen molar-refractivity contribution in [1.82, 2.24) is 5.32 Å². The molecule has 1 aromatic carbocycles. The molecule has 2 N–H and O–H groups in total. The fourth-order valence-electron chi connectivity index (χ4n) is 2.34. The highest BCUT2D eigenvalue weighted by Gasteiger charge is 2.16. The fourth-order valence-corrected chi connectivity index (χ4v) is 2.34. The number of hydrogen-bond donors (Lipinski definition) is 2. The third kappa shape index (κ3) is 4.91. The van der Waals surface area contributed by atoms with Crippen LogP contribution in [0.2, 0.25) is 0 Å². The second-order valence-electron chi connectivity index (χ2n) is 5.03. The Labute approximate surface area is 113 Å². The molecule has 19 heavy (non-hydrogen) atoms. The van der Waals surface area contributed by atoms with Crippen molar-refractivity contribution in [2.45, 2.75) is 25.7 Å². The molecule has 0 bridgehead atoms. The number of rotatable bonds is 5. The average Bonchev–Trinajstić information content (AvgIpc) is 2.40. The van der Waals surface area contributed by atoms with E-state index in [9.17, 15) is 9.90 Å². The van der Waals surface area contributed by atoms with E-state index >= 15 is 0 Å². The molecule has 4 nitrogen and oxygen atoms in total. The van der Waals surface area contributed by atoms with Gasteiger partial charge in [-0.3, -0.25) is 4.79 Å². The van der Waals surface area contributed by atoms with E-state index in [-0.39, 0.29) is 11.7 Å². The van der Waals surface area contributed by atoms with Crippen LogP contribution in [0, 0.1) is 5.92 Å². The summed E-state index contributed by atoms with van der Waals surface area (Å²) in [6, 6.07) is 7.14. The zero-order chi connectivity index (χ0) is 13.5. The summed E-state index contributed by atoms with van der Waals surface area (Å²) in [6.07, 6.45) is 3.32. The normalized spacial score (nSPS) is 16.2. The second kappa shape index (κ2) is 7.14. The molecule has 1 amide bonds. The summed E-state index contributed by atoms with van der Waals surface area (Å²) in [5.74, 6) is 0.854. The van der Waals surface area contributed by atoms with Crippen LogP contribution in [0.1, 0.15) is 24.8 Å². The largest absolute Gasteiger partial charge is 0.508 e. The van der Waals surface area contributed by atoms with Gasteiger partial charge in [-0.05, 0) is 42.9 Å². The van der Waals surface area contributed by atoms with Crippen LogP contribution in [0.5, 0.6) is 5.75 Å². The summed E-state index contributed by atoms with van der Waals surface area (Å²) in [6.45, 7) is 2.17. The Kier molecular flexibility index (Phi) is 5.21. The lowest BCUT2D eigenvalue weighted by Crippen LogP contribution is -2.29. The van der Waals surface area contributed by atoms with E-state index in [1.165, 1.54) is 0 Å². The number of phenols is 1. The lowest BCUT2D eigenvalue weighted by molar-refractivity contribution is -0.122. The Morgan fingerprint density at radius 1 is 1.37 bits per heavy atom. The van der Waals surface area contributed by atoms with Gasteiger partial charge in [0.05, 0.1) is 0 Å². The van der Waals surface area contributed by atoms with Gasteiger partial charge in [0, 0.05) is 26.2 Å². The van der Waals surface area contributed by atoms with Gasteiger partial charge in [0.15, 0.2) is 0 Å². The molecule has 0 spiro atoms. The van der Waals surface area contributed by atoms with E-state index in [4.69, 9.17) is 4.74 Å². The van der Waals surface area contributed by atoms with Crippen molar-refractivity contribution >= 4 is 5.91 Å². The van der Waals surface area contributed by atoms with Crippen LogP contribution in [0.25, 0.3) is 0 Å². The van der Waals surface area contributed by atoms with Gasteiger partial charge in [-0.25, -0.2) is 0 Å². The van der Waals surface area contributed by atoms with Gasteiger partial charge < -0.3 is 15.2 Å². The second-order valence-corrected chi connectivity index (χ2v) is 5.03. The van der Waals surface area contributed by atoms with Gasteiger partial charge in [-0.15, -0.1) is 0 Å². The highest BCUT2D eigenvalue weighted by atomic mass is 16.5. The van der Waals surface area contributed by atoms with Crippen molar-refractivity contribution in [3.05, 3.63) is 29.8 Å². The van der Waals surface area contributed by atoms with Gasteiger partial charge in [-0.2, -0.15) is 0 Å². The van der Waals surface area contributed by atoms with Crippen LogP contribution in [0.15, 0.2) is 24.3 Å². The van der Waals surface area contributed by atoms with Crippen LogP contribution in [-0.2, 0) is 16.0 Å². The quantitative estimate of drug-likeness (QED) is 0.852. The summed E-state index contributed by atoms with van der Waals surface area (Å²) in [5, 5.41) is 12.3. The zero-order valence-electron chi connectivity index (χ0n) is 11.1. The molecule has 1 aromatic rings. The molecule has 1 aliphatic rings. The molecule has 1 saturated heterocycles. The van der Waals surface area contributed by atoms with Gasteiger partial charge in [0.25, 0.3) is 0 Å². The molecule has 2 rings (SSSR count). The van der Waals surface area contributed by atoms with Crippen molar-refractivity contribution in [2.24, 2.45) is 5.92 Å². The molecule has 0 unspecified atom stereocenters. The van der Waals surface area contributed by atoms with Crippen LogP contribution in [0.4, 0.5) is 0 Å². The minimum atomic E-state index is 0.118. The van der Waals surface area contributed by atoms with E-state index in [1.807, 2.05) is 12.1 Å². The first kappa shape index (κ1) is 13.9. The first-order valence-corrected chi connectivity index (χ1v) is 6.86. The molecule has 1 heterocycles. The topological polar surface area (TPSA) is 58.6 Å². The summed E-state index contributed by atoms with van der Waals surface area (Å²) in [7, 11) is 0. The van der Waals surface area contributed by atoms with Gasteiger partial charge in [-0.1, -0.05) is 12.1 Å². The molecular weight excluding hydrogens is 242 g/mol. The summed E-state index contributed by atoms with van der Waals surface area (Å²) in [4.78, 5) is 11.8. The number of benzene rings is 1. The highest BCUT2D eigenvalue weighted by Crippen LogP contribution is 2.18. The number of amides is 1. The van der Waals surface area contributed by atoms with Crippen LogP contribution in [-0.4, -0.2) is 30.8 Å². The average molecular weight is 263 g/mol. The number of aromatic hydroxyl groups is 1. The molecule has 104 valence electrons. The lowest BCUT2D eigenvalue weighted by Gasteiger charge is -2.21. The van der Waals surface area contributed by atoms with Crippen molar-refractivity contribution < 1.29 is 14.6 Å². The van der Waals surface area contributed by atoms with Crippen molar-refractivity contribution in [3.63, 3.8) is 0 Å². The van der Waals surface area contributed by atoms with Crippen LogP contribution >= 0.6 is 0 Å². The minimum absolute atomic E-state index is 0.118. The maximum Gasteiger partial charge on any atom is 0.220 e. The van der Waals surface area contributed by atoms with Crippen molar-refractivity contribution in [3.8, 4) is 5.75 Å². The zero-order valence-corrected chi connectivity index (χ0v) is 11.1. The Morgan fingerprint density at radius 3 is 2.89 bits per heavy atom. The molecule has 0 aliphatic carbocycles. The molecule has 0 saturated carbocycles. The van der Waals surface area contributed by atoms with E-state index in [0.717, 1.165) is 38.0 Å². The molecule has 0 radical (unpaired) electrons. The third-order valence-corrected chi connectivity index (χ3v) is 3.46. The van der Waals surface area contributed by atoms with Crippen LogP contribution < -0.4 is 5.32 Å². The third-order valence-electron chi connectivity index (χ3n) is 3.46. The molecular formula is C15H21NO3. The number of nitrogens with one attached hydrogen (secondary N) is 1. The maximum atomic E-state index is 11.8. The van der Waals surface area contributed by atoms with E-state index in [1.54, 1.807) is 12.1 Å². The molecule has 0 aromatic heterocycles. The van der Waals surface area contributed by atoms with Crippen molar-refractivity contribution in [2.75, 3.05) is 19.8 Å². The number of carbonyl (C=O) groups is 1. The standard InChI is InChI=1S/C15H21NO3/c17-14-3-1-2-12(10-14)4-7-16-15(18)11-13-5-8-19-9-6-13/h1-3,10,13,17H,4-9,11H2,(H,16,18). The van der Waals surface area contributed by atoms with E-state index < -0.39 is 0 Å². The summed E-state index contributed by atoms with van der Waals surface area (Å²) in [5.41, 5.74) is 1.03. The molecule has 1 fully saturated rings. The Bertz CT molecular complexity index is 414. The highest BCUT2D eigenvalue weighted by molar-refractivity contribution is 5.76. The molecule has 0 atom stereocenters. The lowest BCUT2D eigenvalue weighted by atomic mass is 9.96. The Hall–Kier alpha value is -1.55. The predicted octanol–water partition coefficient (Wildman–Crippen LogP) is 1.87. The monoisotopic (exact) mass is 263 g/mol. The van der Waals surface area contributed by atoms with Gasteiger partial charge in [0.2, 0.25) is 5.91 Å². The summed E-state index contributed by atoms with van der Waals surface area (Å²) >= 11 is 0. The number of hydrogen-bond acceptors (Lipinski definition) is 3. The predicted molar refractivity (Wildman–Crippen MR) is 73.0 cm³/mol. The van der Waals surface area contributed by atoms with E-state index in [0.29, 0.717) is 18.9 Å². The number of carbonyl (C=O) groups excluding carboxylic acids is 1. The van der Waals surface area contributed by atoms with Gasteiger partial charge in [0.1, 0.15) is 5.75 Å². The van der Waals surface area contributed by atoms with Crippen LogP contribution in [0.3, 0.4) is 0 Å². The smallest absolute Gasteiger partial charge is 0.220 e. The van der Waals surface area contributed by atoms with E-state index in [2.05, 4.69) is 5.32 Å². The maximum absolute atomic E-state index is 11.8. The van der Waals surface area contributed by atoms with Crippen molar-refractivity contribution in [1.29, 1.82) is 0 Å². The molecule has 4 heteroatoms. The minimum Gasteiger partial charge on any atom is -0.508 e. The fraction of sp³-hybridized carbons (Fsp3) is 0.533. The molecule has 1 aliphatic heterocycles. The number of phenolic OH excluding ortho intramolecular Hbond substituents is 1. The number of ether oxygens (including phenoxy) is 1. The Morgan fingerprint density at radius 2 is 2.16 bits per heavy atom. The summed E-state index contributed by atoms with van der Waals surface area (Å²) < 4.78 is 5.28. The van der Waals surface area contributed by atoms with Gasteiger partial charge >= 0.3 is 0 Å². The Balaban J connectivity index is 1.66.